The zero-order chi connectivity index (χ0) is 16.6. The fourth-order valence-corrected chi connectivity index (χ4v) is 3.01. The summed E-state index contributed by atoms with van der Waals surface area (Å²) in [5, 5.41) is 19.4. The highest BCUT2D eigenvalue weighted by atomic mass is 16.3. The lowest BCUT2D eigenvalue weighted by Gasteiger charge is -2.38. The number of hydrogen-bond acceptors (Lipinski definition) is 6. The first-order valence-corrected chi connectivity index (χ1v) is 8.09. The van der Waals surface area contributed by atoms with Crippen LogP contribution in [-0.4, -0.2) is 43.2 Å². The van der Waals surface area contributed by atoms with E-state index in [-0.39, 0.29) is 6.04 Å². The molecule has 0 unspecified atom stereocenters. The van der Waals surface area contributed by atoms with Gasteiger partial charge in [-0.25, -0.2) is 14.6 Å². The van der Waals surface area contributed by atoms with Crippen molar-refractivity contribution < 1.29 is 5.11 Å². The summed E-state index contributed by atoms with van der Waals surface area (Å²) in [7, 11) is 0. The van der Waals surface area contributed by atoms with Gasteiger partial charge in [0, 0.05) is 24.0 Å². The molecule has 1 atom stereocenters. The van der Waals surface area contributed by atoms with Crippen LogP contribution in [-0.2, 0) is 5.60 Å². The molecule has 124 valence electrons. The van der Waals surface area contributed by atoms with Crippen molar-refractivity contribution in [2.75, 3.05) is 18.0 Å². The molecule has 2 aromatic rings. The van der Waals surface area contributed by atoms with E-state index in [1.807, 2.05) is 44.9 Å². The minimum Gasteiger partial charge on any atom is -0.382 e. The molecule has 1 saturated heterocycles. The number of aryl methyl sites for hydroxylation is 2. The number of nitrogens with zero attached hydrogens (tertiary/aromatic N) is 6. The third-order valence-corrected chi connectivity index (χ3v) is 4.24. The Bertz CT molecular complexity index is 677. The van der Waals surface area contributed by atoms with E-state index in [0.717, 1.165) is 24.4 Å². The summed E-state index contributed by atoms with van der Waals surface area (Å²) >= 11 is 0. The Labute approximate surface area is 136 Å². The Kier molecular flexibility index (Phi) is 4.06. The van der Waals surface area contributed by atoms with Gasteiger partial charge in [0.2, 0.25) is 5.95 Å². The van der Waals surface area contributed by atoms with Gasteiger partial charge in [-0.15, -0.1) is 5.10 Å². The van der Waals surface area contributed by atoms with E-state index in [9.17, 15) is 5.11 Å². The Morgan fingerprint density at radius 2 is 1.91 bits per heavy atom. The molecule has 1 aliphatic rings. The van der Waals surface area contributed by atoms with Crippen LogP contribution in [0.3, 0.4) is 0 Å². The number of piperidine rings is 1. The molecule has 1 fully saturated rings. The molecule has 0 amide bonds. The second-order valence-electron chi connectivity index (χ2n) is 6.68. The van der Waals surface area contributed by atoms with Crippen molar-refractivity contribution in [1.29, 1.82) is 0 Å². The maximum Gasteiger partial charge on any atom is 0.225 e. The minimum absolute atomic E-state index is 0.224. The first-order chi connectivity index (χ1) is 10.9. The largest absolute Gasteiger partial charge is 0.382 e. The van der Waals surface area contributed by atoms with Gasteiger partial charge in [-0.2, -0.15) is 0 Å². The molecule has 0 aromatic carbocycles. The Balaban J connectivity index is 1.86. The first kappa shape index (κ1) is 15.9. The molecular formula is C16H24N6O. The number of β-amino-alcohol motifs (C(OH)–C–C–N with tert-alkyl or cyclic N) is 1. The van der Waals surface area contributed by atoms with Gasteiger partial charge in [-0.1, -0.05) is 5.21 Å². The normalized spacial score (nSPS) is 21.9. The van der Waals surface area contributed by atoms with Crippen LogP contribution in [0.4, 0.5) is 5.95 Å². The van der Waals surface area contributed by atoms with Gasteiger partial charge >= 0.3 is 0 Å². The topological polar surface area (TPSA) is 80.0 Å². The monoisotopic (exact) mass is 316 g/mol. The fraction of sp³-hybridized carbons (Fsp3) is 0.625. The molecule has 0 aliphatic carbocycles. The molecule has 0 bridgehead atoms. The quantitative estimate of drug-likeness (QED) is 0.929. The molecular weight excluding hydrogens is 292 g/mol. The van der Waals surface area contributed by atoms with Crippen molar-refractivity contribution in [2.24, 2.45) is 0 Å². The Morgan fingerprint density at radius 1 is 1.22 bits per heavy atom. The van der Waals surface area contributed by atoms with Crippen molar-refractivity contribution in [3.8, 4) is 0 Å². The summed E-state index contributed by atoms with van der Waals surface area (Å²) in [4.78, 5) is 11.1. The number of hydrogen-bond donors (Lipinski definition) is 1. The summed E-state index contributed by atoms with van der Waals surface area (Å²) in [5.41, 5.74) is 1.49. The van der Waals surface area contributed by atoms with Crippen LogP contribution < -0.4 is 4.90 Å². The molecule has 0 radical (unpaired) electrons. The average molecular weight is 316 g/mol. The third kappa shape index (κ3) is 3.19. The molecule has 0 saturated carbocycles. The lowest BCUT2D eigenvalue weighted by atomic mass is 9.90. The lowest BCUT2D eigenvalue weighted by Crippen LogP contribution is -2.47. The van der Waals surface area contributed by atoms with E-state index in [1.165, 1.54) is 0 Å². The highest BCUT2D eigenvalue weighted by Gasteiger charge is 2.38. The van der Waals surface area contributed by atoms with E-state index >= 15 is 0 Å². The lowest BCUT2D eigenvalue weighted by molar-refractivity contribution is 0.0172. The molecule has 3 heterocycles. The van der Waals surface area contributed by atoms with Crippen LogP contribution >= 0.6 is 0 Å². The van der Waals surface area contributed by atoms with E-state index in [4.69, 9.17) is 0 Å². The summed E-state index contributed by atoms with van der Waals surface area (Å²) in [5.74, 6) is 0.678. The van der Waals surface area contributed by atoms with Gasteiger partial charge in [0.15, 0.2) is 0 Å². The van der Waals surface area contributed by atoms with E-state index in [2.05, 4.69) is 20.3 Å². The van der Waals surface area contributed by atoms with Crippen LogP contribution in [0.2, 0.25) is 0 Å². The van der Waals surface area contributed by atoms with Crippen LogP contribution in [0, 0.1) is 13.8 Å². The average Bonchev–Trinajstić information content (AvgIpc) is 2.97. The zero-order valence-electron chi connectivity index (χ0n) is 14.2. The van der Waals surface area contributed by atoms with Gasteiger partial charge in [0.1, 0.15) is 11.3 Å². The molecule has 0 spiro atoms. The van der Waals surface area contributed by atoms with Gasteiger partial charge in [-0.3, -0.25) is 0 Å². The molecule has 7 heteroatoms. The maximum absolute atomic E-state index is 11.1. The van der Waals surface area contributed by atoms with Crippen LogP contribution in [0.15, 0.2) is 12.3 Å². The maximum atomic E-state index is 11.1. The summed E-state index contributed by atoms with van der Waals surface area (Å²) in [6, 6.07) is 2.18. The summed E-state index contributed by atoms with van der Waals surface area (Å²) in [6.07, 6.45) is 3.38. The predicted octanol–water partition coefficient (Wildman–Crippen LogP) is 1.75. The summed E-state index contributed by atoms with van der Waals surface area (Å²) in [6.45, 7) is 9.28. The van der Waals surface area contributed by atoms with Gasteiger partial charge in [-0.05, 0) is 46.6 Å². The standard InChI is InChI=1S/C16H24N6O/c1-11(2)22-9-14(19-20-22)16(23)6-5-7-21(10-16)15-17-12(3)8-13(4)18-15/h8-9,11,23H,5-7,10H2,1-4H3/t16-/m1/s1. The fourth-order valence-electron chi connectivity index (χ4n) is 3.01. The Hall–Kier alpha value is -2.02. The molecule has 2 aromatic heterocycles. The smallest absolute Gasteiger partial charge is 0.225 e. The molecule has 7 nitrogen and oxygen atoms in total. The highest BCUT2D eigenvalue weighted by molar-refractivity contribution is 5.35. The number of rotatable bonds is 3. The molecule has 3 rings (SSSR count). The minimum atomic E-state index is -1.01. The molecule has 1 N–H and O–H groups in total. The van der Waals surface area contributed by atoms with Crippen molar-refractivity contribution in [3.05, 3.63) is 29.3 Å². The van der Waals surface area contributed by atoms with Crippen molar-refractivity contribution >= 4 is 5.95 Å². The van der Waals surface area contributed by atoms with Gasteiger partial charge < -0.3 is 10.0 Å². The van der Waals surface area contributed by atoms with Crippen LogP contribution in [0.25, 0.3) is 0 Å². The Morgan fingerprint density at radius 3 is 2.52 bits per heavy atom. The van der Waals surface area contributed by atoms with E-state index in [1.54, 1.807) is 4.68 Å². The first-order valence-electron chi connectivity index (χ1n) is 8.09. The predicted molar refractivity (Wildman–Crippen MR) is 87.3 cm³/mol. The number of aromatic nitrogens is 5. The number of anilines is 1. The van der Waals surface area contributed by atoms with Crippen molar-refractivity contribution in [3.63, 3.8) is 0 Å². The van der Waals surface area contributed by atoms with Gasteiger partial charge in [0.05, 0.1) is 12.7 Å². The number of aliphatic hydroxyl groups is 1. The zero-order valence-corrected chi connectivity index (χ0v) is 14.2. The van der Waals surface area contributed by atoms with Gasteiger partial charge in [0.25, 0.3) is 0 Å². The molecule has 23 heavy (non-hydrogen) atoms. The SMILES string of the molecule is Cc1cc(C)nc(N2CCC[C@](O)(c3cn(C(C)C)nn3)C2)n1. The van der Waals surface area contributed by atoms with E-state index < -0.39 is 5.60 Å². The highest BCUT2D eigenvalue weighted by Crippen LogP contribution is 2.32. The van der Waals surface area contributed by atoms with Crippen molar-refractivity contribution in [2.45, 2.75) is 52.2 Å². The van der Waals surface area contributed by atoms with E-state index in [0.29, 0.717) is 24.6 Å². The van der Waals surface area contributed by atoms with Crippen molar-refractivity contribution in [1.82, 2.24) is 25.0 Å². The second kappa shape index (κ2) is 5.88. The molecule has 1 aliphatic heterocycles. The van der Waals surface area contributed by atoms with Crippen LogP contribution in [0.1, 0.15) is 49.8 Å². The second-order valence-corrected chi connectivity index (χ2v) is 6.68. The third-order valence-electron chi connectivity index (χ3n) is 4.24. The summed E-state index contributed by atoms with van der Waals surface area (Å²) < 4.78 is 1.78. The van der Waals surface area contributed by atoms with Crippen LogP contribution in [0.5, 0.6) is 0 Å².